The highest BCUT2D eigenvalue weighted by molar-refractivity contribution is 5.75. The quantitative estimate of drug-likeness (QED) is 0.506. The molecule has 1 heterocycles. The number of amides is 2. The van der Waals surface area contributed by atoms with Gasteiger partial charge < -0.3 is 4.90 Å². The molecule has 0 bridgehead atoms. The molecule has 3 nitrogen and oxygen atoms in total. The second kappa shape index (κ2) is 2.44. The van der Waals surface area contributed by atoms with Crippen LogP contribution in [0, 0.1) is 0 Å². The molecule has 0 aliphatic carbocycles. The zero-order valence-electron chi connectivity index (χ0n) is 6.17. The van der Waals surface area contributed by atoms with Crippen LogP contribution in [0.25, 0.3) is 0 Å². The molecule has 10 heavy (non-hydrogen) atoms. The van der Waals surface area contributed by atoms with Crippen molar-refractivity contribution in [1.82, 2.24) is 10.0 Å². The third-order valence-corrected chi connectivity index (χ3v) is 1.61. The minimum atomic E-state index is -0.505. The number of carbonyl (C=O) groups is 1. The Kier molecular flexibility index (Phi) is 1.78. The normalized spacial score (nSPS) is 19.4. The van der Waals surface area contributed by atoms with Crippen LogP contribution in [0.4, 0.5) is 9.28 Å². The van der Waals surface area contributed by atoms with Gasteiger partial charge in [0, 0.05) is 12.6 Å². The van der Waals surface area contributed by atoms with Gasteiger partial charge in [0.05, 0.1) is 6.54 Å². The van der Waals surface area contributed by atoms with Crippen molar-refractivity contribution in [2.45, 2.75) is 19.9 Å². The molecule has 0 atom stereocenters. The van der Waals surface area contributed by atoms with E-state index in [0.29, 0.717) is 6.54 Å². The van der Waals surface area contributed by atoms with Gasteiger partial charge in [-0.2, -0.15) is 5.12 Å². The number of hydrogen-bond acceptors (Lipinski definition) is 1. The van der Waals surface area contributed by atoms with E-state index in [4.69, 9.17) is 0 Å². The fourth-order valence-electron chi connectivity index (χ4n) is 1.01. The monoisotopic (exact) mass is 146 g/mol. The van der Waals surface area contributed by atoms with Gasteiger partial charge in [0.1, 0.15) is 0 Å². The number of nitrogens with zero attached hydrogens (tertiary/aromatic N) is 2. The lowest BCUT2D eigenvalue weighted by molar-refractivity contribution is 0.0830. The molecule has 2 amide bonds. The predicted octanol–water partition coefficient (Wildman–Crippen LogP) is 1.02. The van der Waals surface area contributed by atoms with E-state index in [1.165, 1.54) is 4.90 Å². The van der Waals surface area contributed by atoms with E-state index in [1.54, 1.807) is 0 Å². The van der Waals surface area contributed by atoms with Gasteiger partial charge >= 0.3 is 6.03 Å². The summed E-state index contributed by atoms with van der Waals surface area (Å²) in [4.78, 5) is 12.3. The van der Waals surface area contributed by atoms with E-state index in [-0.39, 0.29) is 17.7 Å². The van der Waals surface area contributed by atoms with Crippen LogP contribution in [0.3, 0.4) is 0 Å². The molecule has 1 aliphatic heterocycles. The topological polar surface area (TPSA) is 23.6 Å². The summed E-state index contributed by atoms with van der Waals surface area (Å²) in [7, 11) is 0. The van der Waals surface area contributed by atoms with Crippen molar-refractivity contribution < 1.29 is 9.28 Å². The van der Waals surface area contributed by atoms with Gasteiger partial charge in [-0.3, -0.25) is 0 Å². The highest BCUT2D eigenvalue weighted by Gasteiger charge is 2.29. The average molecular weight is 146 g/mol. The molecule has 0 aromatic heterocycles. The molecule has 1 rings (SSSR count). The molecule has 1 saturated heterocycles. The van der Waals surface area contributed by atoms with Gasteiger partial charge in [0.2, 0.25) is 0 Å². The molecule has 0 saturated carbocycles. The molecule has 1 fully saturated rings. The maximum atomic E-state index is 12.4. The summed E-state index contributed by atoms with van der Waals surface area (Å²) in [6.07, 6.45) is 0. The van der Waals surface area contributed by atoms with E-state index in [9.17, 15) is 9.28 Å². The van der Waals surface area contributed by atoms with Crippen LogP contribution in [-0.4, -0.2) is 35.2 Å². The fourth-order valence-corrected chi connectivity index (χ4v) is 1.01. The number of carbonyl (C=O) groups excluding carboxylic acids is 1. The smallest absolute Gasteiger partial charge is 0.318 e. The molecule has 0 N–H and O–H groups in total. The molecular weight excluding hydrogens is 135 g/mol. The van der Waals surface area contributed by atoms with Crippen molar-refractivity contribution in [2.24, 2.45) is 0 Å². The van der Waals surface area contributed by atoms with Crippen molar-refractivity contribution in [3.05, 3.63) is 0 Å². The van der Waals surface area contributed by atoms with Gasteiger partial charge in [-0.15, -0.1) is 0 Å². The summed E-state index contributed by atoms with van der Waals surface area (Å²) in [6.45, 7) is 4.46. The number of rotatable bonds is 1. The highest BCUT2D eigenvalue weighted by atomic mass is 19.2. The van der Waals surface area contributed by atoms with Crippen molar-refractivity contribution in [1.29, 1.82) is 0 Å². The maximum absolute atomic E-state index is 12.4. The van der Waals surface area contributed by atoms with E-state index in [1.807, 2.05) is 13.8 Å². The Hall–Kier alpha value is -0.800. The van der Waals surface area contributed by atoms with E-state index in [0.717, 1.165) is 0 Å². The number of urea groups is 1. The van der Waals surface area contributed by atoms with E-state index in [2.05, 4.69) is 0 Å². The average Bonchev–Trinajstić information content (AvgIpc) is 2.14. The van der Waals surface area contributed by atoms with Gasteiger partial charge in [-0.25, -0.2) is 4.79 Å². The zero-order chi connectivity index (χ0) is 7.72. The summed E-state index contributed by atoms with van der Waals surface area (Å²) in [5.41, 5.74) is 0. The van der Waals surface area contributed by atoms with Crippen LogP contribution in [0.15, 0.2) is 0 Å². The molecule has 0 aromatic rings. The first kappa shape index (κ1) is 7.31. The lowest BCUT2D eigenvalue weighted by atomic mass is 10.3. The van der Waals surface area contributed by atoms with Gasteiger partial charge in [-0.05, 0) is 13.8 Å². The zero-order valence-corrected chi connectivity index (χ0v) is 6.17. The van der Waals surface area contributed by atoms with Crippen LogP contribution in [0.2, 0.25) is 0 Å². The largest absolute Gasteiger partial charge is 0.348 e. The Bertz CT molecular complexity index is 149. The van der Waals surface area contributed by atoms with Gasteiger partial charge in [0.15, 0.2) is 0 Å². The standard InChI is InChI=1S/C6H11FN2O/c1-5(2)8-3-4-9(7)6(8)10/h5H,3-4H2,1-2H3. The Morgan fingerprint density at radius 2 is 2.10 bits per heavy atom. The lowest BCUT2D eigenvalue weighted by Crippen LogP contribution is -2.33. The van der Waals surface area contributed by atoms with Crippen molar-refractivity contribution in [3.63, 3.8) is 0 Å². The van der Waals surface area contributed by atoms with Crippen LogP contribution in [0.5, 0.6) is 0 Å². The van der Waals surface area contributed by atoms with E-state index < -0.39 is 6.03 Å². The SMILES string of the molecule is CC(C)N1CCN(F)C1=O. The highest BCUT2D eigenvalue weighted by Crippen LogP contribution is 2.11. The first-order valence-electron chi connectivity index (χ1n) is 3.37. The van der Waals surface area contributed by atoms with Gasteiger partial charge in [-0.1, -0.05) is 4.48 Å². The van der Waals surface area contributed by atoms with Crippen LogP contribution in [-0.2, 0) is 0 Å². The number of halogens is 1. The molecule has 0 spiro atoms. The van der Waals surface area contributed by atoms with Crippen LogP contribution in [0.1, 0.15) is 13.8 Å². The second-order valence-electron chi connectivity index (χ2n) is 2.66. The Morgan fingerprint density at radius 3 is 2.30 bits per heavy atom. The predicted molar refractivity (Wildman–Crippen MR) is 35.1 cm³/mol. The minimum absolute atomic E-state index is 0.105. The first-order valence-corrected chi connectivity index (χ1v) is 3.37. The molecule has 0 unspecified atom stereocenters. The lowest BCUT2D eigenvalue weighted by Gasteiger charge is -2.18. The second-order valence-corrected chi connectivity index (χ2v) is 2.66. The molecule has 0 radical (unpaired) electrons. The summed E-state index contributed by atoms with van der Waals surface area (Å²) in [6, 6.07) is -0.400. The maximum Gasteiger partial charge on any atom is 0.348 e. The molecule has 0 aromatic carbocycles. The summed E-state index contributed by atoms with van der Waals surface area (Å²) < 4.78 is 12.4. The third kappa shape index (κ3) is 1.05. The summed E-state index contributed by atoms with van der Waals surface area (Å²) >= 11 is 0. The summed E-state index contributed by atoms with van der Waals surface area (Å²) in [5.74, 6) is 0. The van der Waals surface area contributed by atoms with Crippen LogP contribution < -0.4 is 0 Å². The Morgan fingerprint density at radius 1 is 1.50 bits per heavy atom. The van der Waals surface area contributed by atoms with Crippen molar-refractivity contribution >= 4 is 6.03 Å². The first-order chi connectivity index (χ1) is 4.63. The van der Waals surface area contributed by atoms with Crippen molar-refractivity contribution in [2.75, 3.05) is 13.1 Å². The molecule has 4 heteroatoms. The molecule has 58 valence electrons. The third-order valence-electron chi connectivity index (χ3n) is 1.61. The fraction of sp³-hybridized carbons (Fsp3) is 0.833. The Balaban J connectivity index is 2.57. The van der Waals surface area contributed by atoms with Gasteiger partial charge in [0.25, 0.3) is 0 Å². The van der Waals surface area contributed by atoms with E-state index >= 15 is 0 Å². The minimum Gasteiger partial charge on any atom is -0.318 e. The summed E-state index contributed by atoms with van der Waals surface area (Å²) in [5, 5.41) is 0.250. The van der Waals surface area contributed by atoms with Crippen LogP contribution >= 0.6 is 0 Å². The number of hydrogen-bond donors (Lipinski definition) is 0. The molecule has 1 aliphatic rings. The molecular formula is C6H11FN2O. The Labute approximate surface area is 59.3 Å². The van der Waals surface area contributed by atoms with Crippen molar-refractivity contribution in [3.8, 4) is 0 Å².